The number of carbonyl (C=O) groups excluding carboxylic acids is 2. The molecule has 0 saturated carbocycles. The van der Waals surface area contributed by atoms with Gasteiger partial charge < -0.3 is 10.6 Å². The lowest BCUT2D eigenvalue weighted by molar-refractivity contribution is -0.135. The van der Waals surface area contributed by atoms with E-state index >= 15 is 0 Å². The Balaban J connectivity index is 1.89. The van der Waals surface area contributed by atoms with Crippen LogP contribution in [0.25, 0.3) is 0 Å². The third-order valence-electron chi connectivity index (χ3n) is 3.50. The van der Waals surface area contributed by atoms with Crippen LogP contribution in [-0.2, 0) is 9.59 Å². The van der Waals surface area contributed by atoms with Gasteiger partial charge in [-0.05, 0) is 50.7 Å². The fourth-order valence-electron chi connectivity index (χ4n) is 2.45. The van der Waals surface area contributed by atoms with E-state index in [0.29, 0.717) is 6.42 Å². The number of amides is 2. The van der Waals surface area contributed by atoms with Gasteiger partial charge >= 0.3 is 0 Å². The zero-order valence-electron chi connectivity index (χ0n) is 10.3. The van der Waals surface area contributed by atoms with E-state index in [1.54, 1.807) is 0 Å². The average Bonchev–Trinajstić information content (AvgIpc) is 2.56. The van der Waals surface area contributed by atoms with Gasteiger partial charge in [-0.25, -0.2) is 0 Å². The highest BCUT2D eigenvalue weighted by Gasteiger charge is 2.32. The first kappa shape index (κ1) is 13.2. The summed E-state index contributed by atoms with van der Waals surface area (Å²) in [5, 5.41) is 5.12. The summed E-state index contributed by atoms with van der Waals surface area (Å²) >= 11 is 4.76. The van der Waals surface area contributed by atoms with E-state index in [1.807, 2.05) is 0 Å². The van der Waals surface area contributed by atoms with E-state index < -0.39 is 5.92 Å². The fourth-order valence-corrected chi connectivity index (χ4v) is 2.65. The van der Waals surface area contributed by atoms with E-state index in [-0.39, 0.29) is 16.9 Å². The molecule has 0 aromatic rings. The normalized spacial score (nSPS) is 22.0. The number of nitrogens with one attached hydrogen (secondary N) is 2. The SMILES string of the molecule is O=C1NC(=S)NC(=O)C1CCC1=CCCCCC1. The number of hydrogen-bond donors (Lipinski definition) is 2. The van der Waals surface area contributed by atoms with Crippen molar-refractivity contribution >= 4 is 29.1 Å². The van der Waals surface area contributed by atoms with Crippen LogP contribution in [0.3, 0.4) is 0 Å². The average molecular weight is 266 g/mol. The van der Waals surface area contributed by atoms with E-state index in [9.17, 15) is 9.59 Å². The molecule has 0 spiro atoms. The first-order chi connectivity index (χ1) is 8.66. The maximum atomic E-state index is 11.7. The van der Waals surface area contributed by atoms with Crippen molar-refractivity contribution in [1.82, 2.24) is 10.6 Å². The predicted molar refractivity (Wildman–Crippen MR) is 72.8 cm³/mol. The van der Waals surface area contributed by atoms with E-state index in [2.05, 4.69) is 16.7 Å². The maximum absolute atomic E-state index is 11.7. The summed E-state index contributed by atoms with van der Waals surface area (Å²) in [4.78, 5) is 23.4. The lowest BCUT2D eigenvalue weighted by Gasteiger charge is -2.22. The van der Waals surface area contributed by atoms with Gasteiger partial charge in [-0.15, -0.1) is 0 Å². The maximum Gasteiger partial charge on any atom is 0.238 e. The molecule has 18 heavy (non-hydrogen) atoms. The Morgan fingerprint density at radius 3 is 2.61 bits per heavy atom. The van der Waals surface area contributed by atoms with Gasteiger partial charge in [0.05, 0.1) is 0 Å². The second-order valence-corrected chi connectivity index (χ2v) is 5.27. The van der Waals surface area contributed by atoms with Crippen LogP contribution in [0, 0.1) is 5.92 Å². The molecule has 2 amide bonds. The van der Waals surface area contributed by atoms with E-state index in [1.165, 1.54) is 24.8 Å². The van der Waals surface area contributed by atoms with Crippen LogP contribution in [0.4, 0.5) is 0 Å². The van der Waals surface area contributed by atoms with Crippen molar-refractivity contribution in [2.75, 3.05) is 0 Å². The van der Waals surface area contributed by atoms with Gasteiger partial charge in [-0.1, -0.05) is 18.1 Å². The second kappa shape index (κ2) is 6.09. The minimum Gasteiger partial charge on any atom is -0.302 e. The molecular weight excluding hydrogens is 248 g/mol. The number of thiocarbonyl (C=S) groups is 1. The van der Waals surface area contributed by atoms with Crippen molar-refractivity contribution in [3.05, 3.63) is 11.6 Å². The number of allylic oxidation sites excluding steroid dienone is 2. The molecule has 0 aromatic heterocycles. The molecule has 1 fully saturated rings. The number of rotatable bonds is 3. The highest BCUT2D eigenvalue weighted by Crippen LogP contribution is 2.23. The Morgan fingerprint density at radius 2 is 1.89 bits per heavy atom. The van der Waals surface area contributed by atoms with Crippen molar-refractivity contribution < 1.29 is 9.59 Å². The van der Waals surface area contributed by atoms with Crippen molar-refractivity contribution in [1.29, 1.82) is 0 Å². The van der Waals surface area contributed by atoms with Crippen molar-refractivity contribution in [3.63, 3.8) is 0 Å². The van der Waals surface area contributed by atoms with Crippen LogP contribution < -0.4 is 10.6 Å². The lowest BCUT2D eigenvalue weighted by Crippen LogP contribution is -2.55. The van der Waals surface area contributed by atoms with Crippen LogP contribution in [0.1, 0.15) is 44.9 Å². The molecule has 2 rings (SSSR count). The van der Waals surface area contributed by atoms with Gasteiger partial charge in [-0.2, -0.15) is 0 Å². The Labute approximate surface area is 112 Å². The van der Waals surface area contributed by atoms with Crippen LogP contribution in [-0.4, -0.2) is 16.9 Å². The highest BCUT2D eigenvalue weighted by molar-refractivity contribution is 7.80. The lowest BCUT2D eigenvalue weighted by atomic mass is 9.95. The summed E-state index contributed by atoms with van der Waals surface area (Å²) in [7, 11) is 0. The minimum atomic E-state index is -0.596. The van der Waals surface area contributed by atoms with Gasteiger partial charge in [0.25, 0.3) is 0 Å². The molecule has 1 aliphatic carbocycles. The Morgan fingerprint density at radius 1 is 1.17 bits per heavy atom. The Bertz CT molecular complexity index is 384. The molecule has 4 nitrogen and oxygen atoms in total. The molecule has 0 atom stereocenters. The van der Waals surface area contributed by atoms with Gasteiger partial charge in [0.2, 0.25) is 11.8 Å². The minimum absolute atomic E-state index is 0.120. The molecule has 0 bridgehead atoms. The second-order valence-electron chi connectivity index (χ2n) is 4.86. The molecule has 1 aliphatic heterocycles. The number of carbonyl (C=O) groups is 2. The molecular formula is C13H18N2O2S. The Kier molecular flexibility index (Phi) is 4.47. The summed E-state index contributed by atoms with van der Waals surface area (Å²) in [6.07, 6.45) is 9.66. The summed E-state index contributed by atoms with van der Waals surface area (Å²) in [5.41, 5.74) is 1.39. The van der Waals surface area contributed by atoms with Gasteiger partial charge in [-0.3, -0.25) is 9.59 Å². The monoisotopic (exact) mass is 266 g/mol. The Hall–Kier alpha value is -1.23. The third-order valence-corrected chi connectivity index (χ3v) is 3.70. The van der Waals surface area contributed by atoms with E-state index in [0.717, 1.165) is 19.3 Å². The van der Waals surface area contributed by atoms with Crippen molar-refractivity contribution in [3.8, 4) is 0 Å². The topological polar surface area (TPSA) is 58.2 Å². The molecule has 98 valence electrons. The molecule has 2 aliphatic rings. The molecule has 0 radical (unpaired) electrons. The first-order valence-corrected chi connectivity index (χ1v) is 6.91. The smallest absolute Gasteiger partial charge is 0.238 e. The zero-order chi connectivity index (χ0) is 13.0. The quantitative estimate of drug-likeness (QED) is 0.465. The highest BCUT2D eigenvalue weighted by atomic mass is 32.1. The van der Waals surface area contributed by atoms with Crippen molar-refractivity contribution in [2.45, 2.75) is 44.9 Å². The molecule has 5 heteroatoms. The molecule has 1 saturated heterocycles. The molecule has 2 N–H and O–H groups in total. The van der Waals surface area contributed by atoms with Crippen LogP contribution >= 0.6 is 12.2 Å². The molecule has 0 unspecified atom stereocenters. The molecule has 1 heterocycles. The van der Waals surface area contributed by atoms with Crippen molar-refractivity contribution in [2.24, 2.45) is 5.92 Å². The van der Waals surface area contributed by atoms with Crippen LogP contribution in [0.15, 0.2) is 11.6 Å². The van der Waals surface area contributed by atoms with Gasteiger partial charge in [0, 0.05) is 0 Å². The first-order valence-electron chi connectivity index (χ1n) is 6.50. The summed E-state index contributed by atoms with van der Waals surface area (Å²) in [5.74, 6) is -1.13. The zero-order valence-corrected chi connectivity index (χ0v) is 11.1. The standard InChI is InChI=1S/C13H18N2O2S/c16-11-10(12(17)15-13(18)14-11)8-7-9-5-3-1-2-4-6-9/h5,10H,1-4,6-8H2,(H2,14,15,16,17,18). The fraction of sp³-hybridized carbons (Fsp3) is 0.615. The largest absolute Gasteiger partial charge is 0.302 e. The summed E-state index contributed by atoms with van der Waals surface area (Å²) in [6.45, 7) is 0. The predicted octanol–water partition coefficient (Wildman–Crippen LogP) is 1.80. The molecule has 0 aromatic carbocycles. The van der Waals surface area contributed by atoms with Gasteiger partial charge in [0.15, 0.2) is 5.11 Å². The summed E-state index contributed by atoms with van der Waals surface area (Å²) in [6, 6.07) is 0. The summed E-state index contributed by atoms with van der Waals surface area (Å²) < 4.78 is 0. The number of hydrogen-bond acceptors (Lipinski definition) is 3. The van der Waals surface area contributed by atoms with E-state index in [4.69, 9.17) is 12.2 Å². The van der Waals surface area contributed by atoms with Crippen LogP contribution in [0.5, 0.6) is 0 Å². The van der Waals surface area contributed by atoms with Crippen LogP contribution in [0.2, 0.25) is 0 Å². The van der Waals surface area contributed by atoms with Gasteiger partial charge in [0.1, 0.15) is 5.92 Å². The third kappa shape index (κ3) is 3.38.